The summed E-state index contributed by atoms with van der Waals surface area (Å²) in [5, 5.41) is 4.38. The Hall–Kier alpha value is -1.23. The molecule has 0 aliphatic carbocycles. The molecule has 21 heavy (non-hydrogen) atoms. The quantitative estimate of drug-likeness (QED) is 0.735. The molecule has 1 N–H and O–H groups in total. The third kappa shape index (κ3) is 4.37. The van der Waals surface area contributed by atoms with E-state index in [0.717, 1.165) is 15.7 Å². The predicted octanol–water partition coefficient (Wildman–Crippen LogP) is 5.15. The van der Waals surface area contributed by atoms with Crippen LogP contribution in [0.25, 0.3) is 0 Å². The van der Waals surface area contributed by atoms with Gasteiger partial charge in [0.25, 0.3) is 0 Å². The van der Waals surface area contributed by atoms with E-state index in [1.165, 1.54) is 7.11 Å². The topological polar surface area (TPSA) is 38.3 Å². The number of carbonyl (C=O) groups excluding carboxylic acids is 1. The van der Waals surface area contributed by atoms with Gasteiger partial charge in [0.2, 0.25) is 0 Å². The zero-order valence-electron chi connectivity index (χ0n) is 11.1. The standard InChI is InChI=1S/C15H12BrCl2NO2/c1-21-15(20)9-2-3-10(14(16)4-9)8-19-13-6-11(17)5-12(18)7-13/h2-7,19H,8H2,1H3. The van der Waals surface area contributed by atoms with Crippen molar-refractivity contribution in [3.8, 4) is 0 Å². The number of halogens is 3. The van der Waals surface area contributed by atoms with Gasteiger partial charge in [-0.3, -0.25) is 0 Å². The summed E-state index contributed by atoms with van der Waals surface area (Å²) in [6.07, 6.45) is 0. The number of hydrogen-bond acceptors (Lipinski definition) is 3. The van der Waals surface area contributed by atoms with Crippen LogP contribution >= 0.6 is 39.1 Å². The Balaban J connectivity index is 2.11. The largest absolute Gasteiger partial charge is 0.465 e. The van der Waals surface area contributed by atoms with E-state index in [9.17, 15) is 4.79 Å². The minimum Gasteiger partial charge on any atom is -0.465 e. The Morgan fingerprint density at radius 2 is 1.86 bits per heavy atom. The lowest BCUT2D eigenvalue weighted by Gasteiger charge is -2.10. The van der Waals surface area contributed by atoms with Gasteiger partial charge in [-0.05, 0) is 35.9 Å². The minimum atomic E-state index is -0.364. The number of nitrogens with one attached hydrogen (secondary N) is 1. The van der Waals surface area contributed by atoms with Gasteiger partial charge in [0, 0.05) is 26.8 Å². The molecule has 2 rings (SSSR count). The highest BCUT2D eigenvalue weighted by Gasteiger charge is 2.08. The first-order valence-corrected chi connectivity index (χ1v) is 7.61. The average Bonchev–Trinajstić information content (AvgIpc) is 2.44. The smallest absolute Gasteiger partial charge is 0.337 e. The summed E-state index contributed by atoms with van der Waals surface area (Å²) < 4.78 is 5.51. The second-order valence-electron chi connectivity index (χ2n) is 4.31. The average molecular weight is 389 g/mol. The summed E-state index contributed by atoms with van der Waals surface area (Å²) in [6, 6.07) is 10.6. The molecule has 0 unspecified atom stereocenters. The van der Waals surface area contributed by atoms with Crippen molar-refractivity contribution in [2.45, 2.75) is 6.54 Å². The van der Waals surface area contributed by atoms with E-state index in [2.05, 4.69) is 26.0 Å². The number of benzene rings is 2. The van der Waals surface area contributed by atoms with Gasteiger partial charge < -0.3 is 10.1 Å². The van der Waals surface area contributed by atoms with Gasteiger partial charge in [-0.1, -0.05) is 45.2 Å². The molecule has 6 heteroatoms. The van der Waals surface area contributed by atoms with Gasteiger partial charge in [0.1, 0.15) is 0 Å². The van der Waals surface area contributed by atoms with E-state index in [4.69, 9.17) is 23.2 Å². The van der Waals surface area contributed by atoms with Gasteiger partial charge >= 0.3 is 5.97 Å². The molecule has 0 radical (unpaired) electrons. The van der Waals surface area contributed by atoms with Crippen LogP contribution in [0.5, 0.6) is 0 Å². The zero-order chi connectivity index (χ0) is 15.4. The lowest BCUT2D eigenvalue weighted by molar-refractivity contribution is 0.0600. The van der Waals surface area contributed by atoms with E-state index in [1.54, 1.807) is 30.3 Å². The molecule has 0 spiro atoms. The third-order valence-electron chi connectivity index (χ3n) is 2.82. The van der Waals surface area contributed by atoms with E-state index in [0.29, 0.717) is 22.2 Å². The number of rotatable bonds is 4. The fraction of sp³-hybridized carbons (Fsp3) is 0.133. The molecule has 110 valence electrons. The number of hydrogen-bond donors (Lipinski definition) is 1. The summed E-state index contributed by atoms with van der Waals surface area (Å²) in [5.41, 5.74) is 2.33. The molecule has 3 nitrogen and oxygen atoms in total. The van der Waals surface area contributed by atoms with Gasteiger partial charge in [-0.15, -0.1) is 0 Å². The number of anilines is 1. The van der Waals surface area contributed by atoms with E-state index >= 15 is 0 Å². The second kappa shape index (κ2) is 7.16. The molecular weight excluding hydrogens is 377 g/mol. The van der Waals surface area contributed by atoms with Crippen LogP contribution in [0.4, 0.5) is 5.69 Å². The summed E-state index contributed by atoms with van der Waals surface area (Å²) in [7, 11) is 1.36. The number of esters is 1. The Morgan fingerprint density at radius 1 is 1.19 bits per heavy atom. The van der Waals surface area contributed by atoms with Crippen molar-refractivity contribution < 1.29 is 9.53 Å². The summed E-state index contributed by atoms with van der Waals surface area (Å²) in [6.45, 7) is 0.568. The van der Waals surface area contributed by atoms with Gasteiger partial charge in [0.15, 0.2) is 0 Å². The van der Waals surface area contributed by atoms with Crippen molar-refractivity contribution in [3.05, 3.63) is 62.0 Å². The molecule has 2 aromatic carbocycles. The molecule has 0 bridgehead atoms. The van der Waals surface area contributed by atoms with Crippen molar-refractivity contribution in [1.82, 2.24) is 0 Å². The molecule has 0 heterocycles. The number of ether oxygens (including phenoxy) is 1. The van der Waals surface area contributed by atoms with E-state index < -0.39 is 0 Å². The van der Waals surface area contributed by atoms with Gasteiger partial charge in [-0.2, -0.15) is 0 Å². The van der Waals surface area contributed by atoms with Crippen LogP contribution in [0.15, 0.2) is 40.9 Å². The molecule has 0 aliphatic rings. The molecule has 0 saturated carbocycles. The Morgan fingerprint density at radius 3 is 2.43 bits per heavy atom. The van der Waals surface area contributed by atoms with Crippen molar-refractivity contribution in [2.24, 2.45) is 0 Å². The van der Waals surface area contributed by atoms with Crippen LogP contribution in [0.1, 0.15) is 15.9 Å². The number of methoxy groups -OCH3 is 1. The maximum absolute atomic E-state index is 11.4. The van der Waals surface area contributed by atoms with E-state index in [1.807, 2.05) is 6.07 Å². The monoisotopic (exact) mass is 387 g/mol. The normalized spacial score (nSPS) is 10.3. The number of carbonyl (C=O) groups is 1. The van der Waals surface area contributed by atoms with Crippen molar-refractivity contribution in [3.63, 3.8) is 0 Å². The van der Waals surface area contributed by atoms with Crippen molar-refractivity contribution in [1.29, 1.82) is 0 Å². The molecule has 2 aromatic rings. The first-order chi connectivity index (χ1) is 9.99. The second-order valence-corrected chi connectivity index (χ2v) is 6.04. The van der Waals surface area contributed by atoms with Crippen molar-refractivity contribution >= 4 is 50.8 Å². The fourth-order valence-corrected chi connectivity index (χ4v) is 2.83. The van der Waals surface area contributed by atoms with Crippen LogP contribution in [-0.2, 0) is 11.3 Å². The highest BCUT2D eigenvalue weighted by molar-refractivity contribution is 9.10. The minimum absolute atomic E-state index is 0.364. The lowest BCUT2D eigenvalue weighted by atomic mass is 10.1. The Bertz CT molecular complexity index is 656. The van der Waals surface area contributed by atoms with E-state index in [-0.39, 0.29) is 5.97 Å². The maximum Gasteiger partial charge on any atom is 0.337 e. The highest BCUT2D eigenvalue weighted by atomic mass is 79.9. The van der Waals surface area contributed by atoms with Crippen LogP contribution in [0.2, 0.25) is 10.0 Å². The zero-order valence-corrected chi connectivity index (χ0v) is 14.2. The molecule has 0 fully saturated rings. The van der Waals surface area contributed by atoms with Crippen LogP contribution in [0, 0.1) is 0 Å². The predicted molar refractivity (Wildman–Crippen MR) is 89.3 cm³/mol. The summed E-state index contributed by atoms with van der Waals surface area (Å²) in [5.74, 6) is -0.364. The van der Waals surface area contributed by atoms with Crippen molar-refractivity contribution in [2.75, 3.05) is 12.4 Å². The summed E-state index contributed by atoms with van der Waals surface area (Å²) >= 11 is 15.3. The maximum atomic E-state index is 11.4. The first kappa shape index (κ1) is 16.1. The Labute approximate surface area is 141 Å². The summed E-state index contributed by atoms with van der Waals surface area (Å²) in [4.78, 5) is 11.4. The fourth-order valence-electron chi connectivity index (χ4n) is 1.79. The SMILES string of the molecule is COC(=O)c1ccc(CNc2cc(Cl)cc(Cl)c2)c(Br)c1. The molecule has 0 aromatic heterocycles. The molecule has 0 aliphatic heterocycles. The highest BCUT2D eigenvalue weighted by Crippen LogP contribution is 2.24. The van der Waals surface area contributed by atoms with Crippen LogP contribution in [0.3, 0.4) is 0 Å². The molecule has 0 amide bonds. The van der Waals surface area contributed by atoms with Crippen LogP contribution < -0.4 is 5.32 Å². The van der Waals surface area contributed by atoms with Gasteiger partial charge in [-0.25, -0.2) is 4.79 Å². The molecule has 0 saturated heterocycles. The molecule has 0 atom stereocenters. The van der Waals surface area contributed by atoms with Gasteiger partial charge in [0.05, 0.1) is 12.7 Å². The van der Waals surface area contributed by atoms with Crippen LogP contribution in [-0.4, -0.2) is 13.1 Å². The Kier molecular flexibility index (Phi) is 5.51. The molecular formula is C15H12BrCl2NO2. The first-order valence-electron chi connectivity index (χ1n) is 6.06. The third-order valence-corrected chi connectivity index (χ3v) is 3.99. The lowest BCUT2D eigenvalue weighted by Crippen LogP contribution is -2.04.